The molecule has 8 heteroatoms. The van der Waals surface area contributed by atoms with E-state index in [1.807, 2.05) is 26.0 Å². The Hall–Kier alpha value is -3.55. The Kier molecular flexibility index (Phi) is 4.15. The summed E-state index contributed by atoms with van der Waals surface area (Å²) in [6.07, 6.45) is 1.45. The van der Waals surface area contributed by atoms with Gasteiger partial charge in [0.05, 0.1) is 12.7 Å². The highest BCUT2D eigenvalue weighted by Gasteiger charge is 2.35. The van der Waals surface area contributed by atoms with Crippen molar-refractivity contribution < 1.29 is 13.9 Å². The molecule has 0 unspecified atom stereocenters. The normalized spacial score (nSPS) is 15.9. The van der Waals surface area contributed by atoms with Gasteiger partial charge in [-0.1, -0.05) is 0 Å². The number of methoxy groups -OCH3 is 1. The van der Waals surface area contributed by atoms with E-state index in [4.69, 9.17) is 9.15 Å². The number of furan rings is 1. The second kappa shape index (κ2) is 6.64. The van der Waals surface area contributed by atoms with E-state index in [1.165, 1.54) is 6.33 Å². The van der Waals surface area contributed by atoms with E-state index < -0.39 is 6.04 Å². The quantitative estimate of drug-likeness (QED) is 0.738. The molecule has 4 rings (SSSR count). The number of nitrogens with one attached hydrogen (secondary N) is 2. The van der Waals surface area contributed by atoms with Crippen LogP contribution in [0.2, 0.25) is 0 Å². The first-order valence-electron chi connectivity index (χ1n) is 8.46. The first kappa shape index (κ1) is 16.9. The zero-order chi connectivity index (χ0) is 19.0. The lowest BCUT2D eigenvalue weighted by molar-refractivity contribution is -0.113. The smallest absolute Gasteiger partial charge is 0.256 e. The molecule has 3 heterocycles. The number of nitrogens with zero attached hydrogens (tertiary/aromatic N) is 3. The number of fused-ring (bicyclic) bond motifs is 1. The molecule has 2 aromatic heterocycles. The number of allylic oxidation sites excluding steroid dienone is 1. The van der Waals surface area contributed by atoms with Crippen molar-refractivity contribution in [1.82, 2.24) is 14.8 Å². The molecular weight excluding hydrogens is 346 g/mol. The predicted octanol–water partition coefficient (Wildman–Crippen LogP) is 3.12. The van der Waals surface area contributed by atoms with Crippen molar-refractivity contribution in [2.45, 2.75) is 19.9 Å². The van der Waals surface area contributed by atoms with Crippen molar-refractivity contribution in [1.29, 1.82) is 0 Å². The van der Waals surface area contributed by atoms with E-state index in [0.717, 1.165) is 11.5 Å². The van der Waals surface area contributed by atoms with Crippen molar-refractivity contribution >= 4 is 17.5 Å². The summed E-state index contributed by atoms with van der Waals surface area (Å²) in [6.45, 7) is 3.70. The summed E-state index contributed by atoms with van der Waals surface area (Å²) >= 11 is 0. The summed E-state index contributed by atoms with van der Waals surface area (Å²) in [5.41, 5.74) is 1.87. The molecule has 1 amide bonds. The van der Waals surface area contributed by atoms with Gasteiger partial charge in [0, 0.05) is 11.4 Å². The Balaban J connectivity index is 1.70. The predicted molar refractivity (Wildman–Crippen MR) is 99.6 cm³/mol. The van der Waals surface area contributed by atoms with E-state index >= 15 is 0 Å². The van der Waals surface area contributed by atoms with Crippen molar-refractivity contribution in [3.63, 3.8) is 0 Å². The van der Waals surface area contributed by atoms with E-state index in [9.17, 15) is 4.79 Å². The van der Waals surface area contributed by atoms with Crippen LogP contribution in [0.1, 0.15) is 24.5 Å². The third kappa shape index (κ3) is 3.05. The molecule has 8 nitrogen and oxygen atoms in total. The highest BCUT2D eigenvalue weighted by atomic mass is 16.5. The Morgan fingerprint density at radius 1 is 1.22 bits per heavy atom. The Bertz CT molecular complexity index is 1020. The fraction of sp³-hybridized carbons (Fsp3) is 0.211. The van der Waals surface area contributed by atoms with Gasteiger partial charge in [0.2, 0.25) is 5.95 Å². The Labute approximate surface area is 155 Å². The lowest BCUT2D eigenvalue weighted by Gasteiger charge is -2.27. The van der Waals surface area contributed by atoms with Crippen molar-refractivity contribution in [2.24, 2.45) is 0 Å². The number of rotatable bonds is 4. The molecule has 1 atom stereocenters. The van der Waals surface area contributed by atoms with Crippen LogP contribution in [-0.2, 0) is 4.79 Å². The number of benzene rings is 1. The minimum Gasteiger partial charge on any atom is -0.497 e. The van der Waals surface area contributed by atoms with Gasteiger partial charge in [0.15, 0.2) is 0 Å². The van der Waals surface area contributed by atoms with Crippen LogP contribution in [0.5, 0.6) is 5.75 Å². The van der Waals surface area contributed by atoms with E-state index in [2.05, 4.69) is 20.7 Å². The van der Waals surface area contributed by atoms with Crippen LogP contribution in [0, 0.1) is 6.92 Å². The number of carbonyl (C=O) groups is 1. The first-order chi connectivity index (χ1) is 13.1. The summed E-state index contributed by atoms with van der Waals surface area (Å²) in [4.78, 5) is 17.3. The van der Waals surface area contributed by atoms with Gasteiger partial charge >= 0.3 is 0 Å². The first-order valence-corrected chi connectivity index (χ1v) is 8.46. The standard InChI is InChI=1S/C19H19N5O3/c1-11-4-9-15(27-11)17-16(12(2)22-19-20-10-21-24(17)19)18(25)23-13-5-7-14(26-3)8-6-13/h4-10,17H,1-3H3,(H,23,25)(H,20,21,22)/t17-/m1/s1. The van der Waals surface area contributed by atoms with Crippen LogP contribution in [0.4, 0.5) is 11.6 Å². The van der Waals surface area contributed by atoms with Gasteiger partial charge in [-0.3, -0.25) is 4.79 Å². The lowest BCUT2D eigenvalue weighted by Crippen LogP contribution is -2.31. The number of amides is 1. The SMILES string of the molecule is COc1ccc(NC(=O)C2=C(C)Nc3ncnn3[C@@H]2c2ccc(C)o2)cc1. The van der Waals surface area contributed by atoms with Crippen LogP contribution in [0.25, 0.3) is 0 Å². The summed E-state index contributed by atoms with van der Waals surface area (Å²) in [6, 6.07) is 10.4. The van der Waals surface area contributed by atoms with Crippen LogP contribution in [0.15, 0.2) is 58.4 Å². The number of anilines is 2. The number of hydrogen-bond acceptors (Lipinski definition) is 6. The number of aromatic nitrogens is 3. The van der Waals surface area contributed by atoms with E-state index in [-0.39, 0.29) is 5.91 Å². The molecule has 0 saturated carbocycles. The molecule has 1 aromatic carbocycles. The molecule has 0 bridgehead atoms. The van der Waals surface area contributed by atoms with Gasteiger partial charge < -0.3 is 19.8 Å². The molecule has 1 aliphatic rings. The molecule has 0 saturated heterocycles. The fourth-order valence-electron chi connectivity index (χ4n) is 3.12. The minimum atomic E-state index is -0.504. The largest absolute Gasteiger partial charge is 0.497 e. The lowest BCUT2D eigenvalue weighted by atomic mass is 10.00. The molecule has 0 spiro atoms. The van der Waals surface area contributed by atoms with Gasteiger partial charge in [0.1, 0.15) is 29.6 Å². The van der Waals surface area contributed by atoms with Gasteiger partial charge in [-0.25, -0.2) is 4.68 Å². The molecule has 0 fully saturated rings. The monoisotopic (exact) mass is 365 g/mol. The number of aryl methyl sites for hydroxylation is 1. The summed E-state index contributed by atoms with van der Waals surface area (Å²) < 4.78 is 12.6. The Morgan fingerprint density at radius 3 is 2.67 bits per heavy atom. The molecule has 138 valence electrons. The minimum absolute atomic E-state index is 0.245. The van der Waals surface area contributed by atoms with Gasteiger partial charge in [-0.05, 0) is 50.2 Å². The van der Waals surface area contributed by atoms with Gasteiger partial charge in [-0.15, -0.1) is 0 Å². The summed E-state index contributed by atoms with van der Waals surface area (Å²) in [5, 5.41) is 10.3. The highest BCUT2D eigenvalue weighted by molar-refractivity contribution is 6.05. The zero-order valence-corrected chi connectivity index (χ0v) is 15.2. The topological polar surface area (TPSA) is 94.2 Å². The summed E-state index contributed by atoms with van der Waals surface area (Å²) in [5.74, 6) is 2.43. The fourth-order valence-corrected chi connectivity index (χ4v) is 3.12. The van der Waals surface area contributed by atoms with Crippen LogP contribution in [-0.4, -0.2) is 27.8 Å². The van der Waals surface area contributed by atoms with Crippen molar-refractivity contribution in [3.8, 4) is 5.75 Å². The third-order valence-corrected chi connectivity index (χ3v) is 4.42. The molecule has 1 aliphatic heterocycles. The maximum Gasteiger partial charge on any atom is 0.256 e. The average molecular weight is 365 g/mol. The maximum absolute atomic E-state index is 13.1. The van der Waals surface area contributed by atoms with Crippen molar-refractivity contribution in [3.05, 3.63) is 65.5 Å². The second-order valence-electron chi connectivity index (χ2n) is 6.23. The van der Waals surface area contributed by atoms with Gasteiger partial charge in [0.25, 0.3) is 5.91 Å². The van der Waals surface area contributed by atoms with Crippen LogP contribution in [0.3, 0.4) is 0 Å². The van der Waals surface area contributed by atoms with Gasteiger partial charge in [-0.2, -0.15) is 10.1 Å². The number of ether oxygens (including phenoxy) is 1. The molecular formula is C19H19N5O3. The molecule has 3 aromatic rings. The van der Waals surface area contributed by atoms with E-state index in [1.54, 1.807) is 36.1 Å². The molecule has 27 heavy (non-hydrogen) atoms. The maximum atomic E-state index is 13.1. The third-order valence-electron chi connectivity index (χ3n) is 4.42. The molecule has 0 radical (unpaired) electrons. The van der Waals surface area contributed by atoms with Crippen molar-refractivity contribution in [2.75, 3.05) is 17.7 Å². The second-order valence-corrected chi connectivity index (χ2v) is 6.23. The number of hydrogen-bond donors (Lipinski definition) is 2. The zero-order valence-electron chi connectivity index (χ0n) is 15.2. The highest BCUT2D eigenvalue weighted by Crippen LogP contribution is 2.35. The Morgan fingerprint density at radius 2 is 2.00 bits per heavy atom. The average Bonchev–Trinajstić information content (AvgIpc) is 3.29. The van der Waals surface area contributed by atoms with Crippen LogP contribution < -0.4 is 15.4 Å². The molecule has 0 aliphatic carbocycles. The van der Waals surface area contributed by atoms with Crippen LogP contribution >= 0.6 is 0 Å². The van der Waals surface area contributed by atoms with E-state index in [0.29, 0.717) is 28.7 Å². The number of carbonyl (C=O) groups excluding carboxylic acids is 1. The molecule has 2 N–H and O–H groups in total. The summed E-state index contributed by atoms with van der Waals surface area (Å²) in [7, 11) is 1.60.